The molecule has 0 saturated carbocycles. The fourth-order valence-corrected chi connectivity index (χ4v) is 4.63. The lowest BCUT2D eigenvalue weighted by molar-refractivity contribution is -0.121. The van der Waals surface area contributed by atoms with Gasteiger partial charge < -0.3 is 10.3 Å². The van der Waals surface area contributed by atoms with Crippen LogP contribution in [0.2, 0.25) is 0 Å². The number of rotatable bonds is 6. The molecular formula is C18H25N3O2S. The van der Waals surface area contributed by atoms with Crippen molar-refractivity contribution in [2.24, 2.45) is 0 Å². The second-order valence-electron chi connectivity index (χ2n) is 6.48. The Morgan fingerprint density at radius 1 is 1.29 bits per heavy atom. The van der Waals surface area contributed by atoms with Crippen molar-refractivity contribution in [1.82, 2.24) is 15.3 Å². The first kappa shape index (κ1) is 17.1. The summed E-state index contributed by atoms with van der Waals surface area (Å²) in [6.07, 6.45) is 7.08. The molecule has 3 rings (SSSR count). The number of aromatic amines is 1. The van der Waals surface area contributed by atoms with Crippen LogP contribution in [0.15, 0.2) is 4.79 Å². The van der Waals surface area contributed by atoms with Gasteiger partial charge in [0.25, 0.3) is 5.56 Å². The first-order valence-electron chi connectivity index (χ1n) is 8.95. The van der Waals surface area contributed by atoms with E-state index in [1.165, 1.54) is 16.9 Å². The molecule has 0 aliphatic heterocycles. The van der Waals surface area contributed by atoms with Crippen molar-refractivity contribution in [1.29, 1.82) is 0 Å². The monoisotopic (exact) mass is 347 g/mol. The summed E-state index contributed by atoms with van der Waals surface area (Å²) in [7, 11) is 0. The number of carbonyl (C=O) groups excluding carboxylic acids is 1. The van der Waals surface area contributed by atoms with Crippen LogP contribution < -0.4 is 10.9 Å². The highest BCUT2D eigenvalue weighted by molar-refractivity contribution is 7.18. The Kier molecular flexibility index (Phi) is 5.33. The van der Waals surface area contributed by atoms with Gasteiger partial charge in [0.05, 0.1) is 5.39 Å². The predicted molar refractivity (Wildman–Crippen MR) is 97.7 cm³/mol. The van der Waals surface area contributed by atoms with Gasteiger partial charge in [0.15, 0.2) is 0 Å². The van der Waals surface area contributed by atoms with Crippen LogP contribution in [0.25, 0.3) is 10.2 Å². The van der Waals surface area contributed by atoms with Gasteiger partial charge in [-0.15, -0.1) is 11.3 Å². The maximum Gasteiger partial charge on any atom is 0.259 e. The van der Waals surface area contributed by atoms with Gasteiger partial charge in [0, 0.05) is 23.8 Å². The molecule has 0 aromatic carbocycles. The molecule has 1 aliphatic carbocycles. The predicted octanol–water partition coefficient (Wildman–Crippen LogP) is 3.10. The highest BCUT2D eigenvalue weighted by atomic mass is 32.1. The van der Waals surface area contributed by atoms with Crippen LogP contribution in [0.1, 0.15) is 62.2 Å². The number of hydrogen-bond donors (Lipinski definition) is 2. The van der Waals surface area contributed by atoms with Gasteiger partial charge in [-0.25, -0.2) is 4.98 Å². The van der Waals surface area contributed by atoms with Crippen LogP contribution in [0, 0.1) is 0 Å². The largest absolute Gasteiger partial charge is 0.353 e. The second kappa shape index (κ2) is 7.47. The van der Waals surface area contributed by atoms with Crippen LogP contribution in [0.5, 0.6) is 0 Å². The Balaban J connectivity index is 1.74. The van der Waals surface area contributed by atoms with Gasteiger partial charge in [-0.3, -0.25) is 9.59 Å². The maximum absolute atomic E-state index is 12.5. The van der Waals surface area contributed by atoms with E-state index in [-0.39, 0.29) is 17.5 Å². The number of fused-ring (bicyclic) bond motifs is 3. The van der Waals surface area contributed by atoms with E-state index in [1.54, 1.807) is 11.3 Å². The lowest BCUT2D eigenvalue weighted by Crippen LogP contribution is -2.34. The number of nitrogens with one attached hydrogen (secondary N) is 2. The summed E-state index contributed by atoms with van der Waals surface area (Å²) in [5.74, 6) is 0.641. The molecule has 0 radical (unpaired) electrons. The molecular weight excluding hydrogens is 322 g/mol. The average Bonchev–Trinajstić information content (AvgIpc) is 2.96. The highest BCUT2D eigenvalue weighted by Crippen LogP contribution is 2.33. The summed E-state index contributed by atoms with van der Waals surface area (Å²) in [6.45, 7) is 4.14. The summed E-state index contributed by atoms with van der Waals surface area (Å²) in [6, 6.07) is 0.232. The molecule has 0 fully saturated rings. The quantitative estimate of drug-likeness (QED) is 0.843. The fourth-order valence-electron chi connectivity index (χ4n) is 3.35. The van der Waals surface area contributed by atoms with Crippen molar-refractivity contribution < 1.29 is 4.79 Å². The minimum atomic E-state index is -0.0465. The number of amides is 1. The molecule has 2 N–H and O–H groups in total. The number of thiophene rings is 1. The van der Waals surface area contributed by atoms with Gasteiger partial charge in [-0.2, -0.15) is 0 Å². The Hall–Kier alpha value is -1.69. The molecule has 24 heavy (non-hydrogen) atoms. The number of carbonyl (C=O) groups is 1. The molecule has 1 amide bonds. The minimum absolute atomic E-state index is 0.0249. The zero-order valence-electron chi connectivity index (χ0n) is 14.4. The molecule has 2 aromatic rings. The molecule has 0 bridgehead atoms. The lowest BCUT2D eigenvalue weighted by atomic mass is 9.97. The van der Waals surface area contributed by atoms with Crippen molar-refractivity contribution in [2.75, 3.05) is 0 Å². The summed E-state index contributed by atoms with van der Waals surface area (Å²) in [4.78, 5) is 34.1. The zero-order valence-corrected chi connectivity index (χ0v) is 15.2. The van der Waals surface area contributed by atoms with Gasteiger partial charge in [0.2, 0.25) is 5.91 Å². The zero-order chi connectivity index (χ0) is 17.1. The van der Waals surface area contributed by atoms with Crippen molar-refractivity contribution in [3.63, 3.8) is 0 Å². The van der Waals surface area contributed by atoms with Gasteiger partial charge >= 0.3 is 0 Å². The second-order valence-corrected chi connectivity index (χ2v) is 7.57. The third-order valence-electron chi connectivity index (χ3n) is 4.81. The van der Waals surface area contributed by atoms with E-state index < -0.39 is 0 Å². The standard InChI is InChI=1S/C18H25N3O2S/c1-3-11(4-2)19-15(22)10-9-14-20-17(23)16-12-7-5-6-8-13(12)24-18(16)21-14/h11H,3-10H2,1-2H3,(H,19,22)(H,20,21,23). The van der Waals surface area contributed by atoms with Crippen LogP contribution in [0.3, 0.4) is 0 Å². The van der Waals surface area contributed by atoms with Crippen molar-refractivity contribution in [2.45, 2.75) is 71.3 Å². The molecule has 0 spiro atoms. The van der Waals surface area contributed by atoms with E-state index in [0.29, 0.717) is 18.7 Å². The van der Waals surface area contributed by atoms with Gasteiger partial charge in [-0.05, 0) is 44.1 Å². The third-order valence-corrected chi connectivity index (χ3v) is 6.00. The number of H-pyrrole nitrogens is 1. The fraction of sp³-hybridized carbons (Fsp3) is 0.611. The minimum Gasteiger partial charge on any atom is -0.353 e. The normalized spacial score (nSPS) is 14.1. The Labute approximate surface area is 145 Å². The summed E-state index contributed by atoms with van der Waals surface area (Å²) in [5, 5.41) is 3.80. The van der Waals surface area contributed by atoms with E-state index in [1.807, 2.05) is 0 Å². The Bertz CT molecular complexity index is 789. The molecule has 0 atom stereocenters. The average molecular weight is 347 g/mol. The maximum atomic E-state index is 12.5. The number of hydrogen-bond acceptors (Lipinski definition) is 4. The van der Waals surface area contributed by atoms with Crippen LogP contribution in [0.4, 0.5) is 0 Å². The molecule has 5 nitrogen and oxygen atoms in total. The molecule has 6 heteroatoms. The van der Waals surface area contributed by atoms with Crippen LogP contribution >= 0.6 is 11.3 Å². The summed E-state index contributed by atoms with van der Waals surface area (Å²) >= 11 is 1.65. The van der Waals surface area contributed by atoms with E-state index in [2.05, 4.69) is 29.1 Å². The SMILES string of the molecule is CCC(CC)NC(=O)CCc1nc2sc3c(c2c(=O)[nH]1)CCCC3. The smallest absolute Gasteiger partial charge is 0.259 e. The van der Waals surface area contributed by atoms with Gasteiger partial charge in [0.1, 0.15) is 10.7 Å². The molecule has 1 aliphatic rings. The van der Waals surface area contributed by atoms with Gasteiger partial charge in [-0.1, -0.05) is 13.8 Å². The van der Waals surface area contributed by atoms with Crippen molar-refractivity contribution in [3.8, 4) is 0 Å². The third kappa shape index (κ3) is 3.53. The summed E-state index contributed by atoms with van der Waals surface area (Å²) in [5.41, 5.74) is 1.16. The van der Waals surface area contributed by atoms with E-state index in [4.69, 9.17) is 0 Å². The topological polar surface area (TPSA) is 74.8 Å². The molecule has 2 aromatic heterocycles. The molecule has 130 valence electrons. The van der Waals surface area contributed by atoms with E-state index >= 15 is 0 Å². The van der Waals surface area contributed by atoms with Crippen molar-refractivity contribution in [3.05, 3.63) is 26.6 Å². The van der Waals surface area contributed by atoms with E-state index in [0.717, 1.165) is 42.3 Å². The number of aryl methyl sites for hydroxylation is 3. The number of aromatic nitrogens is 2. The first-order chi connectivity index (χ1) is 11.6. The van der Waals surface area contributed by atoms with Crippen molar-refractivity contribution >= 4 is 27.5 Å². The Morgan fingerprint density at radius 2 is 2.04 bits per heavy atom. The highest BCUT2D eigenvalue weighted by Gasteiger charge is 2.20. The Morgan fingerprint density at radius 3 is 2.79 bits per heavy atom. The first-order valence-corrected chi connectivity index (χ1v) is 9.76. The lowest BCUT2D eigenvalue weighted by Gasteiger charge is -2.14. The van der Waals surface area contributed by atoms with E-state index in [9.17, 15) is 9.59 Å². The molecule has 0 unspecified atom stereocenters. The number of nitrogens with zero attached hydrogens (tertiary/aromatic N) is 1. The van der Waals surface area contributed by atoms with Crippen LogP contribution in [-0.4, -0.2) is 21.9 Å². The van der Waals surface area contributed by atoms with Crippen LogP contribution in [-0.2, 0) is 24.1 Å². The summed E-state index contributed by atoms with van der Waals surface area (Å²) < 4.78 is 0. The molecule has 2 heterocycles. The molecule has 0 saturated heterocycles.